The molecular weight excluding hydrogens is 293 g/mol. The lowest BCUT2D eigenvalue weighted by molar-refractivity contribution is 0.101. The quantitative estimate of drug-likeness (QED) is 0.622. The Morgan fingerprint density at radius 1 is 1.57 bits per heavy atom. The minimum atomic E-state index is -0.128. The highest BCUT2D eigenvalue weighted by Gasteiger charge is 2.14. The van der Waals surface area contributed by atoms with Crippen molar-refractivity contribution in [2.24, 2.45) is 0 Å². The number of hydrogen-bond acceptors (Lipinski definition) is 3. The SMILES string of the molecule is COc1c(I)ccc(C(C)=O)c1C#N. The summed E-state index contributed by atoms with van der Waals surface area (Å²) < 4.78 is 5.90. The number of hydrogen-bond donors (Lipinski definition) is 0. The maximum absolute atomic E-state index is 11.2. The normalized spacial score (nSPS) is 9.29. The fourth-order valence-electron chi connectivity index (χ4n) is 1.16. The molecule has 0 saturated heterocycles. The Kier molecular flexibility index (Phi) is 3.47. The van der Waals surface area contributed by atoms with Gasteiger partial charge in [-0.15, -0.1) is 0 Å². The van der Waals surface area contributed by atoms with Crippen LogP contribution in [0.5, 0.6) is 5.75 Å². The van der Waals surface area contributed by atoms with Crippen molar-refractivity contribution in [2.45, 2.75) is 6.92 Å². The Bertz CT molecular complexity index is 421. The van der Waals surface area contributed by atoms with E-state index in [1.165, 1.54) is 14.0 Å². The maximum atomic E-state index is 11.2. The second-order valence-corrected chi connectivity index (χ2v) is 3.83. The molecule has 0 heterocycles. The fraction of sp³-hybridized carbons (Fsp3) is 0.200. The van der Waals surface area contributed by atoms with Crippen molar-refractivity contribution in [1.29, 1.82) is 5.26 Å². The molecule has 0 atom stereocenters. The Hall–Kier alpha value is -1.09. The average molecular weight is 301 g/mol. The van der Waals surface area contributed by atoms with Crippen molar-refractivity contribution in [3.8, 4) is 11.8 Å². The lowest BCUT2D eigenvalue weighted by atomic mass is 10.0. The van der Waals surface area contributed by atoms with Crippen molar-refractivity contribution in [3.63, 3.8) is 0 Å². The maximum Gasteiger partial charge on any atom is 0.161 e. The van der Waals surface area contributed by atoms with E-state index in [2.05, 4.69) is 22.6 Å². The van der Waals surface area contributed by atoms with Crippen LogP contribution in [0.2, 0.25) is 0 Å². The lowest BCUT2D eigenvalue weighted by Crippen LogP contribution is -2.01. The summed E-state index contributed by atoms with van der Waals surface area (Å²) in [7, 11) is 1.49. The van der Waals surface area contributed by atoms with Crippen LogP contribution < -0.4 is 4.74 Å². The van der Waals surface area contributed by atoms with Crippen LogP contribution in [-0.2, 0) is 0 Å². The summed E-state index contributed by atoms with van der Waals surface area (Å²) in [5.74, 6) is 0.344. The molecule has 0 N–H and O–H groups in total. The molecule has 0 saturated carbocycles. The second kappa shape index (κ2) is 4.42. The monoisotopic (exact) mass is 301 g/mol. The van der Waals surface area contributed by atoms with E-state index in [1.54, 1.807) is 12.1 Å². The molecule has 0 amide bonds. The molecule has 14 heavy (non-hydrogen) atoms. The predicted octanol–water partition coefficient (Wildman–Crippen LogP) is 2.37. The van der Waals surface area contributed by atoms with Crippen molar-refractivity contribution in [3.05, 3.63) is 26.8 Å². The third-order valence-electron chi connectivity index (χ3n) is 1.80. The molecule has 3 nitrogen and oxygen atoms in total. The van der Waals surface area contributed by atoms with E-state index in [1.807, 2.05) is 6.07 Å². The largest absolute Gasteiger partial charge is 0.494 e. The number of nitriles is 1. The van der Waals surface area contributed by atoms with Gasteiger partial charge in [-0.05, 0) is 41.6 Å². The molecule has 4 heteroatoms. The van der Waals surface area contributed by atoms with Crippen molar-refractivity contribution in [1.82, 2.24) is 0 Å². The number of ether oxygens (including phenoxy) is 1. The predicted molar refractivity (Wildman–Crippen MR) is 60.4 cm³/mol. The first kappa shape index (κ1) is 11.0. The Morgan fingerprint density at radius 2 is 2.21 bits per heavy atom. The number of nitrogens with zero attached hydrogens (tertiary/aromatic N) is 1. The highest BCUT2D eigenvalue weighted by Crippen LogP contribution is 2.27. The summed E-state index contributed by atoms with van der Waals surface area (Å²) in [5, 5.41) is 8.92. The van der Waals surface area contributed by atoms with Gasteiger partial charge in [0.25, 0.3) is 0 Å². The molecular formula is C10H8INO2. The highest BCUT2D eigenvalue weighted by atomic mass is 127. The zero-order valence-electron chi connectivity index (χ0n) is 7.80. The Labute approximate surface area is 95.8 Å². The first-order chi connectivity index (χ1) is 6.61. The summed E-state index contributed by atoms with van der Waals surface area (Å²) in [6.45, 7) is 1.43. The highest BCUT2D eigenvalue weighted by molar-refractivity contribution is 14.1. The number of Topliss-reactive ketones (excluding diaryl/α,β-unsaturated/α-hetero) is 1. The third-order valence-corrected chi connectivity index (χ3v) is 2.65. The fourth-order valence-corrected chi connectivity index (χ4v) is 1.83. The number of ketones is 1. The molecule has 0 aliphatic heterocycles. The molecule has 0 aromatic heterocycles. The van der Waals surface area contributed by atoms with E-state index in [-0.39, 0.29) is 5.78 Å². The zero-order valence-corrected chi connectivity index (χ0v) is 9.95. The molecule has 0 unspecified atom stereocenters. The van der Waals surface area contributed by atoms with Crippen LogP contribution in [0.3, 0.4) is 0 Å². The summed E-state index contributed by atoms with van der Waals surface area (Å²) >= 11 is 2.06. The van der Waals surface area contributed by atoms with E-state index in [0.29, 0.717) is 16.9 Å². The van der Waals surface area contributed by atoms with Crippen LogP contribution in [-0.4, -0.2) is 12.9 Å². The molecule has 0 aliphatic rings. The smallest absolute Gasteiger partial charge is 0.161 e. The molecule has 1 aromatic carbocycles. The summed E-state index contributed by atoms with van der Waals surface area (Å²) in [4.78, 5) is 11.2. The van der Waals surface area contributed by atoms with Gasteiger partial charge in [0.1, 0.15) is 11.6 Å². The molecule has 72 valence electrons. The third kappa shape index (κ3) is 1.87. The Morgan fingerprint density at radius 3 is 2.64 bits per heavy atom. The number of carbonyl (C=O) groups is 1. The summed E-state index contributed by atoms with van der Waals surface area (Å²) in [5.41, 5.74) is 0.719. The van der Waals surface area contributed by atoms with Crippen molar-refractivity contribution < 1.29 is 9.53 Å². The second-order valence-electron chi connectivity index (χ2n) is 2.67. The van der Waals surface area contributed by atoms with E-state index in [4.69, 9.17) is 10.00 Å². The summed E-state index contributed by atoms with van der Waals surface area (Å²) in [6, 6.07) is 5.39. The van der Waals surface area contributed by atoms with Gasteiger partial charge in [0.05, 0.1) is 10.7 Å². The molecule has 0 spiro atoms. The van der Waals surface area contributed by atoms with Crippen molar-refractivity contribution >= 4 is 28.4 Å². The van der Waals surface area contributed by atoms with Crippen LogP contribution >= 0.6 is 22.6 Å². The van der Waals surface area contributed by atoms with E-state index in [0.717, 1.165) is 3.57 Å². The first-order valence-electron chi connectivity index (χ1n) is 3.89. The van der Waals surface area contributed by atoms with Gasteiger partial charge >= 0.3 is 0 Å². The molecule has 0 aliphatic carbocycles. The van der Waals surface area contributed by atoms with E-state index >= 15 is 0 Å². The Balaban J connectivity index is 3.50. The van der Waals surface area contributed by atoms with Gasteiger partial charge in [0.15, 0.2) is 11.5 Å². The van der Waals surface area contributed by atoms with Gasteiger partial charge in [-0.25, -0.2) is 0 Å². The first-order valence-corrected chi connectivity index (χ1v) is 4.97. The van der Waals surface area contributed by atoms with Gasteiger partial charge in [-0.2, -0.15) is 5.26 Å². The molecule has 1 rings (SSSR count). The van der Waals surface area contributed by atoms with Gasteiger partial charge < -0.3 is 4.74 Å². The average Bonchev–Trinajstić information content (AvgIpc) is 2.16. The van der Waals surface area contributed by atoms with Crippen molar-refractivity contribution in [2.75, 3.05) is 7.11 Å². The number of methoxy groups -OCH3 is 1. The standard InChI is InChI=1S/C10H8INO2/c1-6(13)7-3-4-9(11)10(14-2)8(7)5-12/h3-4H,1-2H3. The van der Waals surface area contributed by atoms with Gasteiger partial charge in [0, 0.05) is 5.56 Å². The number of halogens is 1. The zero-order chi connectivity index (χ0) is 10.7. The summed E-state index contributed by atoms with van der Waals surface area (Å²) in [6.07, 6.45) is 0. The number of carbonyl (C=O) groups excluding carboxylic acids is 1. The topological polar surface area (TPSA) is 50.1 Å². The number of benzene rings is 1. The van der Waals surface area contributed by atoms with E-state index < -0.39 is 0 Å². The van der Waals surface area contributed by atoms with Gasteiger partial charge in [-0.1, -0.05) is 0 Å². The van der Waals surface area contributed by atoms with Gasteiger partial charge in [0.2, 0.25) is 0 Å². The van der Waals surface area contributed by atoms with Gasteiger partial charge in [-0.3, -0.25) is 4.79 Å². The minimum absolute atomic E-state index is 0.128. The van der Waals surface area contributed by atoms with Crippen LogP contribution in [0.15, 0.2) is 12.1 Å². The number of rotatable bonds is 2. The van der Waals surface area contributed by atoms with Crippen LogP contribution in [0.25, 0.3) is 0 Å². The van der Waals surface area contributed by atoms with E-state index in [9.17, 15) is 4.79 Å². The molecule has 0 bridgehead atoms. The van der Waals surface area contributed by atoms with Crippen LogP contribution in [0.1, 0.15) is 22.8 Å². The minimum Gasteiger partial charge on any atom is -0.494 e. The molecule has 0 fully saturated rings. The van der Waals surface area contributed by atoms with Crippen LogP contribution in [0.4, 0.5) is 0 Å². The lowest BCUT2D eigenvalue weighted by Gasteiger charge is -2.07. The molecule has 1 aromatic rings. The van der Waals surface area contributed by atoms with Crippen LogP contribution in [0, 0.1) is 14.9 Å². The molecule has 0 radical (unpaired) electrons.